The molecule has 0 radical (unpaired) electrons. The largest absolute Gasteiger partial charge is 0.479 e. The van der Waals surface area contributed by atoms with Crippen molar-refractivity contribution in [1.82, 2.24) is 5.32 Å². The molecule has 154 valence electrons. The van der Waals surface area contributed by atoms with Crippen LogP contribution >= 0.6 is 35.4 Å². The lowest BCUT2D eigenvalue weighted by molar-refractivity contribution is -0.139. The first-order valence-electron chi connectivity index (χ1n) is 8.18. The lowest BCUT2D eigenvalue weighted by atomic mass is 10.1. The van der Waals surface area contributed by atoms with Crippen molar-refractivity contribution in [2.24, 2.45) is 0 Å². The molecule has 1 aliphatic heterocycles. The topological polar surface area (TPSA) is 95.9 Å². The third kappa shape index (κ3) is 4.59. The van der Waals surface area contributed by atoms with Crippen LogP contribution in [0.5, 0.6) is 5.75 Å². The van der Waals surface area contributed by atoms with Crippen LogP contribution in [0.25, 0.3) is 6.08 Å². The molecule has 1 heterocycles. The van der Waals surface area contributed by atoms with Gasteiger partial charge in [0.05, 0.1) is 15.7 Å². The van der Waals surface area contributed by atoms with Crippen molar-refractivity contribution >= 4 is 70.1 Å². The summed E-state index contributed by atoms with van der Waals surface area (Å²) in [6.45, 7) is -0.648. The average molecular weight is 469 g/mol. The Kier molecular flexibility index (Phi) is 6.35. The van der Waals surface area contributed by atoms with E-state index in [0.717, 1.165) is 17.0 Å². The number of carbonyl (C=O) groups is 3. The predicted molar refractivity (Wildman–Crippen MR) is 112 cm³/mol. The lowest BCUT2D eigenvalue weighted by Gasteiger charge is -2.28. The van der Waals surface area contributed by atoms with Crippen LogP contribution < -0.4 is 15.0 Å². The van der Waals surface area contributed by atoms with Gasteiger partial charge < -0.3 is 9.84 Å². The second kappa shape index (κ2) is 8.78. The third-order valence-corrected chi connectivity index (χ3v) is 4.70. The number of nitrogens with one attached hydrogen (secondary N) is 1. The van der Waals surface area contributed by atoms with E-state index >= 15 is 0 Å². The van der Waals surface area contributed by atoms with Gasteiger partial charge in [-0.15, -0.1) is 0 Å². The van der Waals surface area contributed by atoms with Crippen molar-refractivity contribution in [2.45, 2.75) is 0 Å². The van der Waals surface area contributed by atoms with E-state index in [1.807, 2.05) is 0 Å². The van der Waals surface area contributed by atoms with Crippen molar-refractivity contribution in [2.75, 3.05) is 11.5 Å². The molecule has 0 atom stereocenters. The highest BCUT2D eigenvalue weighted by atomic mass is 35.5. The van der Waals surface area contributed by atoms with Gasteiger partial charge in [-0.3, -0.25) is 19.8 Å². The number of carboxylic acid groups (broad SMARTS) is 1. The summed E-state index contributed by atoms with van der Waals surface area (Å²) in [5.74, 6) is -3.22. The van der Waals surface area contributed by atoms with Crippen LogP contribution in [-0.4, -0.2) is 34.6 Å². The fourth-order valence-electron chi connectivity index (χ4n) is 2.58. The predicted octanol–water partition coefficient (Wildman–Crippen LogP) is 3.43. The first-order chi connectivity index (χ1) is 14.2. The van der Waals surface area contributed by atoms with E-state index in [1.165, 1.54) is 30.3 Å². The summed E-state index contributed by atoms with van der Waals surface area (Å²) in [6, 6.07) is 7.70. The summed E-state index contributed by atoms with van der Waals surface area (Å²) in [7, 11) is 0. The second-order valence-electron chi connectivity index (χ2n) is 5.93. The zero-order valence-electron chi connectivity index (χ0n) is 14.8. The Morgan fingerprint density at radius 2 is 1.80 bits per heavy atom. The molecule has 30 heavy (non-hydrogen) atoms. The van der Waals surface area contributed by atoms with Crippen LogP contribution in [0.1, 0.15) is 5.56 Å². The number of anilines is 1. The quantitative estimate of drug-likeness (QED) is 0.396. The van der Waals surface area contributed by atoms with E-state index in [1.54, 1.807) is 0 Å². The van der Waals surface area contributed by atoms with Crippen molar-refractivity contribution < 1.29 is 28.6 Å². The highest BCUT2D eigenvalue weighted by Crippen LogP contribution is 2.35. The van der Waals surface area contributed by atoms with Gasteiger partial charge in [-0.05, 0) is 60.3 Å². The Hall–Kier alpha value is -3.01. The SMILES string of the molecule is O=C(O)COc1c(Cl)cc(C=C2C(=O)NC(=S)N(c3ccc(F)cc3)C2=O)cc1Cl. The van der Waals surface area contributed by atoms with Crippen LogP contribution in [-0.2, 0) is 14.4 Å². The van der Waals surface area contributed by atoms with Crippen LogP contribution in [0, 0.1) is 5.82 Å². The van der Waals surface area contributed by atoms with Crippen LogP contribution in [0.15, 0.2) is 42.0 Å². The molecular weight excluding hydrogens is 458 g/mol. The minimum Gasteiger partial charge on any atom is -0.479 e. The van der Waals surface area contributed by atoms with Gasteiger partial charge in [-0.25, -0.2) is 9.18 Å². The number of carbonyl (C=O) groups excluding carboxylic acids is 2. The van der Waals surface area contributed by atoms with Gasteiger partial charge in [0, 0.05) is 0 Å². The number of aliphatic carboxylic acids is 1. The number of benzene rings is 2. The molecule has 2 amide bonds. The number of thiocarbonyl (C=S) groups is 1. The maximum atomic E-state index is 13.2. The van der Waals surface area contributed by atoms with Crippen LogP contribution in [0.2, 0.25) is 10.0 Å². The first kappa shape index (κ1) is 21.7. The average Bonchev–Trinajstić information content (AvgIpc) is 2.65. The maximum absolute atomic E-state index is 13.2. The number of rotatable bonds is 5. The normalized spacial score (nSPS) is 15.4. The molecule has 0 saturated carbocycles. The molecule has 1 aliphatic rings. The summed E-state index contributed by atoms with van der Waals surface area (Å²) in [5.41, 5.74) is 0.295. The standard InChI is InChI=1S/C19H11Cl2FN2O5S/c20-13-6-9(7-14(21)16(13)29-8-15(25)26)5-12-17(27)23-19(30)24(18(12)28)11-3-1-10(22)2-4-11/h1-7H,8H2,(H,25,26)(H,23,27,30). The number of halogens is 3. The van der Waals surface area contributed by atoms with E-state index in [4.69, 9.17) is 45.3 Å². The smallest absolute Gasteiger partial charge is 0.341 e. The second-order valence-corrected chi connectivity index (χ2v) is 7.13. The van der Waals surface area contributed by atoms with Gasteiger partial charge in [-0.1, -0.05) is 23.2 Å². The molecule has 0 bridgehead atoms. The molecule has 3 rings (SSSR count). The highest BCUT2D eigenvalue weighted by molar-refractivity contribution is 7.80. The van der Waals surface area contributed by atoms with Crippen molar-refractivity contribution in [3.05, 3.63) is 63.4 Å². The van der Waals surface area contributed by atoms with Crippen molar-refractivity contribution in [1.29, 1.82) is 0 Å². The zero-order valence-corrected chi connectivity index (χ0v) is 17.1. The van der Waals surface area contributed by atoms with E-state index in [0.29, 0.717) is 0 Å². The molecule has 0 aromatic heterocycles. The summed E-state index contributed by atoms with van der Waals surface area (Å²) in [5, 5.41) is 10.9. The first-order valence-corrected chi connectivity index (χ1v) is 9.34. The van der Waals surface area contributed by atoms with Crippen molar-refractivity contribution in [3.8, 4) is 5.75 Å². The monoisotopic (exact) mass is 468 g/mol. The van der Waals surface area contributed by atoms with E-state index < -0.39 is 30.2 Å². The molecular formula is C19H11Cl2FN2O5S. The van der Waals surface area contributed by atoms with Gasteiger partial charge >= 0.3 is 5.97 Å². The highest BCUT2D eigenvalue weighted by Gasteiger charge is 2.34. The van der Waals surface area contributed by atoms with Gasteiger partial charge in [0.1, 0.15) is 11.4 Å². The number of amides is 2. The fraction of sp³-hybridized carbons (Fsp3) is 0.0526. The number of carboxylic acids is 1. The van der Waals surface area contributed by atoms with E-state index in [-0.39, 0.29) is 37.7 Å². The van der Waals surface area contributed by atoms with Crippen molar-refractivity contribution in [3.63, 3.8) is 0 Å². The Labute approximate surface area is 184 Å². The van der Waals surface area contributed by atoms with E-state index in [2.05, 4.69) is 5.32 Å². The number of hydrogen-bond acceptors (Lipinski definition) is 5. The summed E-state index contributed by atoms with van der Waals surface area (Å²) >= 11 is 17.2. The minimum atomic E-state index is -1.21. The number of hydrogen-bond donors (Lipinski definition) is 2. The Bertz CT molecular complexity index is 1080. The molecule has 0 unspecified atom stereocenters. The third-order valence-electron chi connectivity index (χ3n) is 3.86. The summed E-state index contributed by atoms with van der Waals surface area (Å²) < 4.78 is 18.2. The maximum Gasteiger partial charge on any atom is 0.341 e. The Balaban J connectivity index is 1.96. The molecule has 2 aromatic rings. The zero-order chi connectivity index (χ0) is 22.0. The van der Waals surface area contributed by atoms with Gasteiger partial charge in [0.25, 0.3) is 11.8 Å². The number of nitrogens with zero attached hydrogens (tertiary/aromatic N) is 1. The molecule has 0 spiro atoms. The lowest BCUT2D eigenvalue weighted by Crippen LogP contribution is -2.54. The van der Waals surface area contributed by atoms with Crippen LogP contribution in [0.4, 0.5) is 10.1 Å². The molecule has 7 nitrogen and oxygen atoms in total. The fourth-order valence-corrected chi connectivity index (χ4v) is 3.48. The number of ether oxygens (including phenoxy) is 1. The molecule has 1 fully saturated rings. The molecule has 2 aromatic carbocycles. The minimum absolute atomic E-state index is 0.00909. The van der Waals surface area contributed by atoms with Gasteiger partial charge in [0.2, 0.25) is 0 Å². The molecule has 1 saturated heterocycles. The Morgan fingerprint density at radius 1 is 1.20 bits per heavy atom. The van der Waals surface area contributed by atoms with Gasteiger partial charge in [-0.2, -0.15) is 0 Å². The van der Waals surface area contributed by atoms with E-state index in [9.17, 15) is 18.8 Å². The summed E-state index contributed by atoms with van der Waals surface area (Å²) in [6.07, 6.45) is 1.24. The molecule has 0 aliphatic carbocycles. The summed E-state index contributed by atoms with van der Waals surface area (Å²) in [4.78, 5) is 36.9. The molecule has 11 heteroatoms. The Morgan fingerprint density at radius 3 is 2.37 bits per heavy atom. The van der Waals surface area contributed by atoms with Gasteiger partial charge in [0.15, 0.2) is 17.5 Å². The van der Waals surface area contributed by atoms with Crippen LogP contribution in [0.3, 0.4) is 0 Å². The molecule has 2 N–H and O–H groups in total.